The molecule has 0 saturated heterocycles. The van der Waals surface area contributed by atoms with Gasteiger partial charge in [-0.2, -0.15) is 0 Å². The zero-order valence-corrected chi connectivity index (χ0v) is 10.9. The molecule has 1 aromatic rings. The van der Waals surface area contributed by atoms with Crippen molar-refractivity contribution in [3.8, 4) is 0 Å². The van der Waals surface area contributed by atoms with Crippen molar-refractivity contribution in [1.82, 2.24) is 0 Å². The van der Waals surface area contributed by atoms with E-state index in [-0.39, 0.29) is 17.5 Å². The Kier molecular flexibility index (Phi) is 2.74. The van der Waals surface area contributed by atoms with E-state index in [1.54, 1.807) is 13.0 Å². The SMILES string of the molecule is Cc1c([N+](=O)[O-])ccc2c1N[C@@H](C(=O)O)[C@H]1CC=C[C@H]21. The van der Waals surface area contributed by atoms with Crippen LogP contribution < -0.4 is 5.32 Å². The largest absolute Gasteiger partial charge is 0.480 e. The molecule has 0 saturated carbocycles. The number of hydrogen-bond donors (Lipinski definition) is 2. The minimum absolute atomic E-state index is 0.0146. The highest BCUT2D eigenvalue weighted by atomic mass is 16.6. The zero-order chi connectivity index (χ0) is 14.4. The lowest BCUT2D eigenvalue weighted by molar-refractivity contribution is -0.385. The third kappa shape index (κ3) is 1.68. The zero-order valence-electron chi connectivity index (χ0n) is 10.9. The number of fused-ring (bicyclic) bond motifs is 3. The summed E-state index contributed by atoms with van der Waals surface area (Å²) in [6, 6.07) is 2.53. The van der Waals surface area contributed by atoms with Gasteiger partial charge in [-0.1, -0.05) is 12.2 Å². The molecule has 1 aromatic carbocycles. The standard InChI is InChI=1S/C14H14N2O4/c1-7-11(16(19)20)6-5-10-8-3-2-4-9(8)13(14(17)18)15-12(7)10/h2-3,5-6,8-9,13,15H,4H2,1H3,(H,17,18)/t8-,9-,13+/m0/s1. The summed E-state index contributed by atoms with van der Waals surface area (Å²) >= 11 is 0. The van der Waals surface area contributed by atoms with Crippen LogP contribution in [0.2, 0.25) is 0 Å². The van der Waals surface area contributed by atoms with Crippen LogP contribution in [0.4, 0.5) is 11.4 Å². The summed E-state index contributed by atoms with van der Waals surface area (Å²) in [7, 11) is 0. The van der Waals surface area contributed by atoms with Crippen LogP contribution in [0.5, 0.6) is 0 Å². The molecule has 6 heteroatoms. The van der Waals surface area contributed by atoms with E-state index in [9.17, 15) is 20.0 Å². The summed E-state index contributed by atoms with van der Waals surface area (Å²) in [6.07, 6.45) is 4.70. The number of nitro groups is 1. The summed E-state index contributed by atoms with van der Waals surface area (Å²) in [5, 5.41) is 23.3. The highest BCUT2D eigenvalue weighted by Gasteiger charge is 2.42. The van der Waals surface area contributed by atoms with Crippen LogP contribution >= 0.6 is 0 Å². The molecular weight excluding hydrogens is 260 g/mol. The molecule has 1 aliphatic carbocycles. The average molecular weight is 274 g/mol. The van der Waals surface area contributed by atoms with Gasteiger partial charge in [-0.05, 0) is 25.0 Å². The first-order chi connectivity index (χ1) is 9.50. The number of nitrogens with one attached hydrogen (secondary N) is 1. The second-order valence-corrected chi connectivity index (χ2v) is 5.24. The van der Waals surface area contributed by atoms with Crippen molar-refractivity contribution in [3.63, 3.8) is 0 Å². The van der Waals surface area contributed by atoms with Gasteiger partial charge in [-0.15, -0.1) is 0 Å². The molecule has 6 nitrogen and oxygen atoms in total. The van der Waals surface area contributed by atoms with E-state index in [0.717, 1.165) is 5.56 Å². The van der Waals surface area contributed by atoms with Gasteiger partial charge in [0.25, 0.3) is 5.69 Å². The molecule has 104 valence electrons. The fourth-order valence-corrected chi connectivity index (χ4v) is 3.25. The van der Waals surface area contributed by atoms with Gasteiger partial charge in [0.15, 0.2) is 0 Å². The number of benzene rings is 1. The lowest BCUT2D eigenvalue weighted by Crippen LogP contribution is -2.42. The lowest BCUT2D eigenvalue weighted by atomic mass is 9.78. The number of carboxylic acids is 1. The Morgan fingerprint density at radius 3 is 2.90 bits per heavy atom. The van der Waals surface area contributed by atoms with Crippen LogP contribution in [0.25, 0.3) is 0 Å². The fraction of sp³-hybridized carbons (Fsp3) is 0.357. The maximum Gasteiger partial charge on any atom is 0.326 e. The van der Waals surface area contributed by atoms with Crippen LogP contribution in [0.15, 0.2) is 24.3 Å². The van der Waals surface area contributed by atoms with Crippen molar-refractivity contribution in [2.45, 2.75) is 25.3 Å². The average Bonchev–Trinajstić information content (AvgIpc) is 2.86. The predicted molar refractivity (Wildman–Crippen MR) is 72.9 cm³/mol. The highest BCUT2D eigenvalue weighted by Crippen LogP contribution is 2.47. The molecule has 0 fully saturated rings. The predicted octanol–water partition coefficient (Wildman–Crippen LogP) is 2.44. The number of aliphatic carboxylic acids is 1. The Labute approximate surface area is 115 Å². The lowest BCUT2D eigenvalue weighted by Gasteiger charge is -2.35. The summed E-state index contributed by atoms with van der Waals surface area (Å²) in [6.45, 7) is 1.65. The molecule has 0 spiro atoms. The number of anilines is 1. The Hall–Kier alpha value is -2.37. The van der Waals surface area contributed by atoms with E-state index in [4.69, 9.17) is 0 Å². The topological polar surface area (TPSA) is 92.5 Å². The van der Waals surface area contributed by atoms with Crippen LogP contribution in [-0.4, -0.2) is 22.0 Å². The Morgan fingerprint density at radius 2 is 2.25 bits per heavy atom. The molecule has 0 aromatic heterocycles. The normalized spacial score (nSPS) is 26.6. The second-order valence-electron chi connectivity index (χ2n) is 5.24. The van der Waals surface area contributed by atoms with E-state index >= 15 is 0 Å². The fourth-order valence-electron chi connectivity index (χ4n) is 3.25. The number of nitrogens with zero attached hydrogens (tertiary/aromatic N) is 1. The number of allylic oxidation sites excluding steroid dienone is 2. The first-order valence-electron chi connectivity index (χ1n) is 6.44. The van der Waals surface area contributed by atoms with Crippen LogP contribution in [0, 0.1) is 23.0 Å². The maximum atomic E-state index is 11.4. The summed E-state index contributed by atoms with van der Waals surface area (Å²) in [5.41, 5.74) is 2.06. The van der Waals surface area contributed by atoms with Gasteiger partial charge in [0.2, 0.25) is 0 Å². The van der Waals surface area contributed by atoms with E-state index in [1.807, 2.05) is 12.2 Å². The van der Waals surface area contributed by atoms with E-state index in [2.05, 4.69) is 5.32 Å². The molecule has 0 bridgehead atoms. The molecule has 2 aliphatic rings. The molecule has 20 heavy (non-hydrogen) atoms. The highest BCUT2D eigenvalue weighted by molar-refractivity contribution is 5.82. The van der Waals surface area contributed by atoms with Gasteiger partial charge in [0.1, 0.15) is 6.04 Å². The minimum Gasteiger partial charge on any atom is -0.480 e. The van der Waals surface area contributed by atoms with Crippen molar-refractivity contribution in [3.05, 3.63) is 45.5 Å². The first kappa shape index (κ1) is 12.7. The minimum atomic E-state index is -0.916. The number of hydrogen-bond acceptors (Lipinski definition) is 4. The quantitative estimate of drug-likeness (QED) is 0.491. The molecule has 0 radical (unpaired) electrons. The van der Waals surface area contributed by atoms with Gasteiger partial charge in [0.05, 0.1) is 10.5 Å². The van der Waals surface area contributed by atoms with Crippen molar-refractivity contribution >= 4 is 17.3 Å². The van der Waals surface area contributed by atoms with Crippen LogP contribution in [-0.2, 0) is 4.79 Å². The molecule has 1 aliphatic heterocycles. The molecule has 3 rings (SSSR count). The molecule has 2 N–H and O–H groups in total. The van der Waals surface area contributed by atoms with E-state index < -0.39 is 16.9 Å². The van der Waals surface area contributed by atoms with E-state index in [1.165, 1.54) is 6.07 Å². The molecule has 0 amide bonds. The third-order valence-electron chi connectivity index (χ3n) is 4.23. The molecule has 3 atom stereocenters. The molecule has 1 heterocycles. The first-order valence-corrected chi connectivity index (χ1v) is 6.44. The summed E-state index contributed by atoms with van der Waals surface area (Å²) < 4.78 is 0. The van der Waals surface area contributed by atoms with Gasteiger partial charge in [-0.3, -0.25) is 10.1 Å². The van der Waals surface area contributed by atoms with Crippen molar-refractivity contribution in [2.75, 3.05) is 5.32 Å². The van der Waals surface area contributed by atoms with E-state index in [0.29, 0.717) is 17.7 Å². The third-order valence-corrected chi connectivity index (χ3v) is 4.23. The Balaban J connectivity index is 2.15. The van der Waals surface area contributed by atoms with Crippen molar-refractivity contribution in [1.29, 1.82) is 0 Å². The maximum absolute atomic E-state index is 11.4. The van der Waals surface area contributed by atoms with Crippen molar-refractivity contribution < 1.29 is 14.8 Å². The second kappa shape index (κ2) is 4.33. The Bertz CT molecular complexity index is 638. The summed E-state index contributed by atoms with van der Waals surface area (Å²) in [4.78, 5) is 22.0. The smallest absolute Gasteiger partial charge is 0.326 e. The number of nitro benzene ring substituents is 1. The van der Waals surface area contributed by atoms with Gasteiger partial charge in [-0.25, -0.2) is 4.79 Å². The molecule has 0 unspecified atom stereocenters. The number of carbonyl (C=O) groups is 1. The summed E-state index contributed by atoms with van der Waals surface area (Å²) in [5.74, 6) is -0.923. The van der Waals surface area contributed by atoms with Crippen LogP contribution in [0.3, 0.4) is 0 Å². The van der Waals surface area contributed by atoms with Gasteiger partial charge >= 0.3 is 5.97 Å². The van der Waals surface area contributed by atoms with Gasteiger partial charge in [0, 0.05) is 23.6 Å². The van der Waals surface area contributed by atoms with Crippen LogP contribution in [0.1, 0.15) is 23.5 Å². The monoisotopic (exact) mass is 274 g/mol. The Morgan fingerprint density at radius 1 is 1.50 bits per heavy atom. The molecular formula is C14H14N2O4. The van der Waals surface area contributed by atoms with Gasteiger partial charge < -0.3 is 10.4 Å². The number of rotatable bonds is 2. The van der Waals surface area contributed by atoms with Crippen molar-refractivity contribution in [2.24, 2.45) is 5.92 Å². The number of carboxylic acid groups (broad SMARTS) is 1.